The van der Waals surface area contributed by atoms with E-state index in [1.54, 1.807) is 30.3 Å². The molecule has 0 atom stereocenters. The molecule has 0 heterocycles. The fourth-order valence-corrected chi connectivity index (χ4v) is 1.07. The highest BCUT2D eigenvalue weighted by atomic mass is 16.5. The molecule has 4 heteroatoms. The Morgan fingerprint density at radius 2 is 2.19 bits per heavy atom. The maximum Gasteiger partial charge on any atom is 0.262 e. The molecular weight excluding hydrogens is 204 g/mol. The third-order valence-corrected chi connectivity index (χ3v) is 1.78. The molecule has 16 heavy (non-hydrogen) atoms. The molecule has 0 radical (unpaired) electrons. The summed E-state index contributed by atoms with van der Waals surface area (Å²) < 4.78 is 5.17. The quantitative estimate of drug-likeness (QED) is 0.614. The van der Waals surface area contributed by atoms with E-state index in [2.05, 4.69) is 4.85 Å². The van der Waals surface area contributed by atoms with Crippen LogP contribution in [0.2, 0.25) is 0 Å². The van der Waals surface area contributed by atoms with Gasteiger partial charge in [0.15, 0.2) is 0 Å². The summed E-state index contributed by atoms with van der Waals surface area (Å²) in [6, 6.07) is 8.73. The summed E-state index contributed by atoms with van der Waals surface area (Å²) in [4.78, 5) is 3.06. The largest absolute Gasteiger partial charge is 0.491 e. The van der Waals surface area contributed by atoms with Gasteiger partial charge in [-0.05, 0) is 23.8 Å². The van der Waals surface area contributed by atoms with Crippen LogP contribution >= 0.6 is 0 Å². The third kappa shape index (κ3) is 3.45. The van der Waals surface area contributed by atoms with E-state index in [4.69, 9.17) is 21.7 Å². The number of benzene rings is 1. The van der Waals surface area contributed by atoms with Gasteiger partial charge in [0.05, 0.1) is 19.2 Å². The molecule has 0 fully saturated rings. The van der Waals surface area contributed by atoms with E-state index in [-0.39, 0.29) is 18.9 Å². The van der Waals surface area contributed by atoms with E-state index in [1.807, 2.05) is 0 Å². The maximum absolute atomic E-state index is 8.57. The van der Waals surface area contributed by atoms with Crippen molar-refractivity contribution in [2.75, 3.05) is 13.2 Å². The van der Waals surface area contributed by atoms with Crippen molar-refractivity contribution < 1.29 is 9.84 Å². The number of nitriles is 1. The Balaban J connectivity index is 2.77. The molecule has 1 rings (SSSR count). The maximum atomic E-state index is 8.57. The second kappa shape index (κ2) is 6.23. The van der Waals surface area contributed by atoms with Gasteiger partial charge < -0.3 is 9.84 Å². The number of aliphatic hydroxyl groups is 1. The molecule has 0 amide bonds. The van der Waals surface area contributed by atoms with Crippen molar-refractivity contribution in [3.05, 3.63) is 46.9 Å². The Morgan fingerprint density at radius 1 is 1.50 bits per heavy atom. The van der Waals surface area contributed by atoms with Gasteiger partial charge >= 0.3 is 0 Å². The first-order chi connectivity index (χ1) is 7.80. The van der Waals surface area contributed by atoms with Crippen LogP contribution < -0.4 is 4.74 Å². The second-order valence-corrected chi connectivity index (χ2v) is 2.89. The van der Waals surface area contributed by atoms with E-state index in [9.17, 15) is 0 Å². The Bertz CT molecular complexity index is 433. The normalized spacial score (nSPS) is 10.3. The van der Waals surface area contributed by atoms with E-state index < -0.39 is 0 Å². The number of nitrogens with zero attached hydrogens (tertiary/aromatic N) is 2. The first-order valence-corrected chi connectivity index (χ1v) is 4.63. The molecule has 0 unspecified atom stereocenters. The SMILES string of the molecule is [C-]#[N+]/C(C#N)=C\c1ccc(OCCO)cc1. The number of hydrogen-bond donors (Lipinski definition) is 1. The zero-order valence-corrected chi connectivity index (χ0v) is 8.55. The van der Waals surface area contributed by atoms with Crippen LogP contribution in [0, 0.1) is 17.9 Å². The van der Waals surface area contributed by atoms with E-state index in [0.29, 0.717) is 5.75 Å². The number of allylic oxidation sites excluding steroid dienone is 1. The van der Waals surface area contributed by atoms with Gasteiger partial charge in [0.25, 0.3) is 5.70 Å². The molecular formula is C12H10N2O2. The topological polar surface area (TPSA) is 57.6 Å². The van der Waals surface area contributed by atoms with Crippen molar-refractivity contribution in [3.8, 4) is 11.8 Å². The smallest absolute Gasteiger partial charge is 0.262 e. The van der Waals surface area contributed by atoms with E-state index >= 15 is 0 Å². The van der Waals surface area contributed by atoms with Gasteiger partial charge in [-0.3, -0.25) is 0 Å². The molecule has 0 bridgehead atoms. The highest BCUT2D eigenvalue weighted by Crippen LogP contribution is 2.14. The minimum Gasteiger partial charge on any atom is -0.491 e. The fourth-order valence-electron chi connectivity index (χ4n) is 1.07. The number of hydrogen-bond acceptors (Lipinski definition) is 3. The van der Waals surface area contributed by atoms with Crippen molar-refractivity contribution in [1.29, 1.82) is 5.26 Å². The lowest BCUT2D eigenvalue weighted by atomic mass is 10.2. The molecule has 0 aliphatic rings. The predicted molar refractivity (Wildman–Crippen MR) is 59.2 cm³/mol. The van der Waals surface area contributed by atoms with Gasteiger partial charge in [0, 0.05) is 0 Å². The second-order valence-electron chi connectivity index (χ2n) is 2.89. The van der Waals surface area contributed by atoms with Crippen LogP contribution in [0.5, 0.6) is 5.75 Å². The van der Waals surface area contributed by atoms with Crippen LogP contribution in [0.1, 0.15) is 5.56 Å². The van der Waals surface area contributed by atoms with Crippen molar-refractivity contribution in [2.24, 2.45) is 0 Å². The van der Waals surface area contributed by atoms with Crippen LogP contribution in [-0.4, -0.2) is 18.3 Å². The van der Waals surface area contributed by atoms with Crippen molar-refractivity contribution in [1.82, 2.24) is 0 Å². The average molecular weight is 214 g/mol. The standard InChI is InChI=1S/C12H10N2O2/c1-14-11(9-13)8-10-2-4-12(5-3-10)16-7-6-15/h2-5,8,15H,6-7H2/b11-8-. The lowest BCUT2D eigenvalue weighted by molar-refractivity contribution is 0.201. The summed E-state index contributed by atoms with van der Waals surface area (Å²) in [7, 11) is 0. The van der Waals surface area contributed by atoms with Crippen LogP contribution in [-0.2, 0) is 0 Å². The van der Waals surface area contributed by atoms with Crippen LogP contribution in [0.25, 0.3) is 10.9 Å². The predicted octanol–water partition coefficient (Wildman–Crippen LogP) is 1.84. The van der Waals surface area contributed by atoms with Gasteiger partial charge in [-0.25, -0.2) is 10.1 Å². The van der Waals surface area contributed by atoms with Gasteiger partial charge in [0.2, 0.25) is 0 Å². The third-order valence-electron chi connectivity index (χ3n) is 1.78. The molecule has 1 aromatic rings. The zero-order valence-electron chi connectivity index (χ0n) is 8.55. The number of rotatable bonds is 4. The summed E-state index contributed by atoms with van der Waals surface area (Å²) in [5, 5.41) is 17.1. The molecule has 0 spiro atoms. The Kier molecular flexibility index (Phi) is 4.59. The molecule has 0 aliphatic heterocycles. The highest BCUT2D eigenvalue weighted by molar-refractivity contribution is 5.59. The molecule has 4 nitrogen and oxygen atoms in total. The lowest BCUT2D eigenvalue weighted by Crippen LogP contribution is -2.01. The first-order valence-electron chi connectivity index (χ1n) is 4.63. The van der Waals surface area contributed by atoms with Gasteiger partial charge in [-0.15, -0.1) is 0 Å². The van der Waals surface area contributed by atoms with Crippen LogP contribution in [0.3, 0.4) is 0 Å². The van der Waals surface area contributed by atoms with E-state index in [0.717, 1.165) is 5.56 Å². The molecule has 0 saturated carbocycles. The molecule has 1 aromatic carbocycles. The Hall–Kier alpha value is -2.30. The molecule has 1 N–H and O–H groups in total. The Labute approximate surface area is 93.8 Å². The molecule has 0 saturated heterocycles. The van der Waals surface area contributed by atoms with Gasteiger partial charge in [-0.1, -0.05) is 12.1 Å². The van der Waals surface area contributed by atoms with E-state index in [1.165, 1.54) is 6.08 Å². The summed E-state index contributed by atoms with van der Waals surface area (Å²) in [6.45, 7) is 6.95. The van der Waals surface area contributed by atoms with Crippen molar-refractivity contribution in [2.45, 2.75) is 0 Å². The van der Waals surface area contributed by atoms with Crippen LogP contribution in [0.4, 0.5) is 0 Å². The van der Waals surface area contributed by atoms with Crippen LogP contribution in [0.15, 0.2) is 30.0 Å². The molecule has 0 aromatic heterocycles. The van der Waals surface area contributed by atoms with Gasteiger partial charge in [0.1, 0.15) is 12.4 Å². The minimum atomic E-state index is -0.0298. The number of aliphatic hydroxyl groups excluding tert-OH is 1. The Morgan fingerprint density at radius 3 is 2.69 bits per heavy atom. The van der Waals surface area contributed by atoms with Gasteiger partial charge in [-0.2, -0.15) is 0 Å². The first kappa shape index (κ1) is 11.8. The molecule has 0 aliphatic carbocycles. The summed E-state index contributed by atoms with van der Waals surface area (Å²) in [5.41, 5.74) is 0.813. The highest BCUT2D eigenvalue weighted by Gasteiger charge is 1.96. The van der Waals surface area contributed by atoms with Crippen molar-refractivity contribution in [3.63, 3.8) is 0 Å². The summed E-state index contributed by atoms with van der Waals surface area (Å²) in [5.74, 6) is 0.646. The number of ether oxygens (including phenoxy) is 1. The zero-order chi connectivity index (χ0) is 11.8. The average Bonchev–Trinajstić information content (AvgIpc) is 2.35. The summed E-state index contributed by atoms with van der Waals surface area (Å²) in [6.07, 6.45) is 1.50. The van der Waals surface area contributed by atoms with Crippen molar-refractivity contribution >= 4 is 6.08 Å². The lowest BCUT2D eigenvalue weighted by Gasteiger charge is -2.03. The minimum absolute atomic E-state index is 0.0298. The molecule has 80 valence electrons. The summed E-state index contributed by atoms with van der Waals surface area (Å²) >= 11 is 0. The monoisotopic (exact) mass is 214 g/mol. The fraction of sp³-hybridized carbons (Fsp3) is 0.167.